The topological polar surface area (TPSA) is 85.9 Å². The van der Waals surface area contributed by atoms with Crippen molar-refractivity contribution in [2.45, 2.75) is 6.54 Å². The van der Waals surface area contributed by atoms with Crippen LogP contribution in [0.25, 0.3) is 0 Å². The summed E-state index contributed by atoms with van der Waals surface area (Å²) in [4.78, 5) is 24.2. The fourth-order valence-corrected chi connectivity index (χ4v) is 2.61. The number of ether oxygens (including phenoxy) is 3. The van der Waals surface area contributed by atoms with Crippen molar-refractivity contribution >= 4 is 23.4 Å². The molecule has 0 saturated heterocycles. The van der Waals surface area contributed by atoms with Gasteiger partial charge in [-0.15, -0.1) is 0 Å². The molecule has 2 amide bonds. The van der Waals surface area contributed by atoms with Crippen LogP contribution in [0.3, 0.4) is 0 Å². The number of hydrogen-bond acceptors (Lipinski definition) is 5. The Balaban J connectivity index is 1.89. The lowest BCUT2D eigenvalue weighted by Crippen LogP contribution is -2.36. The van der Waals surface area contributed by atoms with E-state index in [4.69, 9.17) is 25.8 Å². The number of nitrogens with one attached hydrogen (secondary N) is 2. The van der Waals surface area contributed by atoms with E-state index in [2.05, 4.69) is 10.6 Å². The van der Waals surface area contributed by atoms with E-state index < -0.39 is 5.91 Å². The summed E-state index contributed by atoms with van der Waals surface area (Å²) < 4.78 is 15.4. The Morgan fingerprint density at radius 3 is 2.26 bits per heavy atom. The molecule has 7 nitrogen and oxygen atoms in total. The minimum absolute atomic E-state index is 0.166. The maximum absolute atomic E-state index is 12.3. The van der Waals surface area contributed by atoms with E-state index in [-0.39, 0.29) is 23.0 Å². The Hall–Kier alpha value is -2.93. The Kier molecular flexibility index (Phi) is 7.31. The number of benzene rings is 2. The predicted molar refractivity (Wildman–Crippen MR) is 102 cm³/mol. The molecule has 0 aliphatic heterocycles. The first kappa shape index (κ1) is 20.4. The number of amides is 2. The molecule has 0 aromatic heterocycles. The first-order valence-corrected chi connectivity index (χ1v) is 8.45. The van der Waals surface area contributed by atoms with E-state index in [0.29, 0.717) is 18.0 Å². The van der Waals surface area contributed by atoms with Crippen molar-refractivity contribution in [3.63, 3.8) is 0 Å². The highest BCUT2D eigenvalue weighted by atomic mass is 35.5. The zero-order valence-corrected chi connectivity index (χ0v) is 16.1. The van der Waals surface area contributed by atoms with E-state index in [1.165, 1.54) is 26.4 Å². The molecule has 0 bridgehead atoms. The molecule has 0 aliphatic carbocycles. The molecule has 2 aromatic carbocycles. The maximum atomic E-state index is 12.3. The van der Waals surface area contributed by atoms with Gasteiger partial charge in [-0.3, -0.25) is 9.59 Å². The van der Waals surface area contributed by atoms with E-state index in [1.54, 1.807) is 7.11 Å². The summed E-state index contributed by atoms with van der Waals surface area (Å²) in [6.45, 7) is 0.182. The molecule has 144 valence electrons. The fraction of sp³-hybridized carbons (Fsp3) is 0.263. The fourth-order valence-electron chi connectivity index (χ4n) is 2.32. The smallest absolute Gasteiger partial charge is 0.251 e. The van der Waals surface area contributed by atoms with Crippen molar-refractivity contribution < 1.29 is 23.8 Å². The lowest BCUT2D eigenvalue weighted by Gasteiger charge is -2.12. The molecule has 0 atom stereocenters. The Morgan fingerprint density at radius 2 is 1.67 bits per heavy atom. The highest BCUT2D eigenvalue weighted by molar-refractivity contribution is 6.32. The summed E-state index contributed by atoms with van der Waals surface area (Å²) in [5.41, 5.74) is 1.18. The highest BCUT2D eigenvalue weighted by Gasteiger charge is 2.15. The largest absolute Gasteiger partial charge is 0.497 e. The van der Waals surface area contributed by atoms with Crippen molar-refractivity contribution in [2.24, 2.45) is 0 Å². The second-order valence-electron chi connectivity index (χ2n) is 5.50. The summed E-state index contributed by atoms with van der Waals surface area (Å²) >= 11 is 6.09. The van der Waals surface area contributed by atoms with Crippen LogP contribution in [0.4, 0.5) is 0 Å². The van der Waals surface area contributed by atoms with Crippen LogP contribution in [0.2, 0.25) is 5.02 Å². The number of carbonyl (C=O) groups is 2. The molecule has 8 heteroatoms. The second-order valence-corrected chi connectivity index (χ2v) is 5.91. The first-order chi connectivity index (χ1) is 13.0. The molecule has 0 fully saturated rings. The van der Waals surface area contributed by atoms with Gasteiger partial charge < -0.3 is 24.8 Å². The van der Waals surface area contributed by atoms with E-state index >= 15 is 0 Å². The average molecular weight is 393 g/mol. The number of carbonyl (C=O) groups excluding carboxylic acids is 2. The van der Waals surface area contributed by atoms with Crippen molar-refractivity contribution in [3.05, 3.63) is 52.5 Å². The molecule has 0 heterocycles. The van der Waals surface area contributed by atoms with Gasteiger partial charge in [-0.25, -0.2) is 0 Å². The van der Waals surface area contributed by atoms with Crippen LogP contribution in [0, 0.1) is 0 Å². The first-order valence-electron chi connectivity index (χ1n) is 8.07. The Morgan fingerprint density at radius 1 is 0.963 bits per heavy atom. The molecular weight excluding hydrogens is 372 g/mol. The van der Waals surface area contributed by atoms with Crippen molar-refractivity contribution in [1.29, 1.82) is 0 Å². The molecule has 0 unspecified atom stereocenters. The summed E-state index contributed by atoms with van der Waals surface area (Å²) in [5.74, 6) is 0.654. The summed E-state index contributed by atoms with van der Waals surface area (Å²) in [5, 5.41) is 5.52. The van der Waals surface area contributed by atoms with Gasteiger partial charge in [0.15, 0.2) is 11.5 Å². The zero-order chi connectivity index (χ0) is 19.8. The predicted octanol–water partition coefficient (Wildman–Crippen LogP) is 2.41. The monoisotopic (exact) mass is 392 g/mol. The SMILES string of the molecule is COc1ccc(CNC(=O)CNC(=O)c2cc(Cl)c(OC)c(OC)c2)cc1. The normalized spacial score (nSPS) is 10.1. The van der Waals surface area contributed by atoms with Crippen molar-refractivity contribution in [2.75, 3.05) is 27.9 Å². The van der Waals surface area contributed by atoms with Gasteiger partial charge in [-0.05, 0) is 29.8 Å². The van der Waals surface area contributed by atoms with E-state index in [0.717, 1.165) is 11.3 Å². The molecule has 0 radical (unpaired) electrons. The van der Waals surface area contributed by atoms with Crippen LogP contribution in [-0.2, 0) is 11.3 Å². The summed E-state index contributed by atoms with van der Waals surface area (Å²) in [7, 11) is 4.49. The third kappa shape index (κ3) is 5.52. The molecule has 27 heavy (non-hydrogen) atoms. The van der Waals surface area contributed by atoms with Crippen LogP contribution in [0.15, 0.2) is 36.4 Å². The van der Waals surface area contributed by atoms with Crippen LogP contribution in [-0.4, -0.2) is 39.7 Å². The number of rotatable bonds is 8. The summed E-state index contributed by atoms with van der Waals surface area (Å²) in [6, 6.07) is 10.3. The van der Waals surface area contributed by atoms with Gasteiger partial charge in [0.1, 0.15) is 5.75 Å². The average Bonchev–Trinajstić information content (AvgIpc) is 2.69. The van der Waals surface area contributed by atoms with Gasteiger partial charge in [0.2, 0.25) is 5.91 Å². The number of halogens is 1. The number of hydrogen-bond donors (Lipinski definition) is 2. The van der Waals surface area contributed by atoms with Gasteiger partial charge in [0.05, 0.1) is 32.9 Å². The van der Waals surface area contributed by atoms with Crippen LogP contribution < -0.4 is 24.8 Å². The standard InChI is InChI=1S/C19H21ClN2O5/c1-25-14-6-4-12(5-7-14)10-21-17(23)11-22-19(24)13-8-15(20)18(27-3)16(9-13)26-2/h4-9H,10-11H2,1-3H3,(H,21,23)(H,22,24). The molecule has 0 aliphatic rings. The lowest BCUT2D eigenvalue weighted by atomic mass is 10.2. The Labute approximate surface area is 162 Å². The maximum Gasteiger partial charge on any atom is 0.251 e. The van der Waals surface area contributed by atoms with E-state index in [1.807, 2.05) is 24.3 Å². The van der Waals surface area contributed by atoms with Gasteiger partial charge in [0, 0.05) is 12.1 Å². The highest BCUT2D eigenvalue weighted by Crippen LogP contribution is 2.35. The van der Waals surface area contributed by atoms with Crippen LogP contribution in [0.5, 0.6) is 17.2 Å². The zero-order valence-electron chi connectivity index (χ0n) is 15.3. The molecule has 0 saturated carbocycles. The third-order valence-corrected chi connectivity index (χ3v) is 4.03. The van der Waals surface area contributed by atoms with E-state index in [9.17, 15) is 9.59 Å². The minimum atomic E-state index is -0.447. The van der Waals surface area contributed by atoms with Gasteiger partial charge >= 0.3 is 0 Å². The van der Waals surface area contributed by atoms with Crippen LogP contribution >= 0.6 is 11.6 Å². The third-order valence-electron chi connectivity index (χ3n) is 3.75. The van der Waals surface area contributed by atoms with Crippen LogP contribution in [0.1, 0.15) is 15.9 Å². The molecule has 0 spiro atoms. The molecule has 2 aromatic rings. The van der Waals surface area contributed by atoms with Gasteiger partial charge in [-0.1, -0.05) is 23.7 Å². The Bertz CT molecular complexity index is 808. The minimum Gasteiger partial charge on any atom is -0.497 e. The van der Waals surface area contributed by atoms with Gasteiger partial charge in [-0.2, -0.15) is 0 Å². The molecule has 2 N–H and O–H groups in total. The van der Waals surface area contributed by atoms with Gasteiger partial charge in [0.25, 0.3) is 5.91 Å². The second kappa shape index (κ2) is 9.68. The summed E-state index contributed by atoms with van der Waals surface area (Å²) in [6.07, 6.45) is 0. The van der Waals surface area contributed by atoms with Crippen molar-refractivity contribution in [1.82, 2.24) is 10.6 Å². The quantitative estimate of drug-likeness (QED) is 0.720. The lowest BCUT2D eigenvalue weighted by molar-refractivity contribution is -0.120. The number of methoxy groups -OCH3 is 3. The molecular formula is C19H21ClN2O5. The molecule has 2 rings (SSSR count). The van der Waals surface area contributed by atoms with Crippen molar-refractivity contribution in [3.8, 4) is 17.2 Å².